The van der Waals surface area contributed by atoms with Crippen molar-refractivity contribution in [3.05, 3.63) is 138 Å². The van der Waals surface area contributed by atoms with E-state index in [1.807, 2.05) is 89.8 Å². The predicted octanol–water partition coefficient (Wildman–Crippen LogP) is 5.30. The third kappa shape index (κ3) is 5.08. The maximum absolute atomic E-state index is 14.1. The van der Waals surface area contributed by atoms with Crippen molar-refractivity contribution in [2.45, 2.75) is 19.9 Å². The number of hydrogen-bond donors (Lipinski definition) is 0. The van der Waals surface area contributed by atoms with Gasteiger partial charge in [0.1, 0.15) is 0 Å². The Balaban J connectivity index is 1.56. The summed E-state index contributed by atoms with van der Waals surface area (Å²) in [6.07, 6.45) is 3.77. The number of benzene rings is 3. The van der Waals surface area contributed by atoms with E-state index in [-0.39, 0.29) is 12.2 Å². The summed E-state index contributed by atoms with van der Waals surface area (Å²) in [4.78, 5) is 32.4. The van der Waals surface area contributed by atoms with Crippen molar-refractivity contribution in [2.24, 2.45) is 4.99 Å². The van der Waals surface area contributed by atoms with Crippen molar-refractivity contribution in [2.75, 3.05) is 6.61 Å². The summed E-state index contributed by atoms with van der Waals surface area (Å²) in [5, 5.41) is 5.43. The second kappa shape index (κ2) is 11.2. The average molecular weight is 581 g/mol. The number of esters is 1. The Morgan fingerprint density at radius 1 is 1.02 bits per heavy atom. The van der Waals surface area contributed by atoms with E-state index < -0.39 is 12.0 Å². The second-order valence-corrected chi connectivity index (χ2v) is 10.9. The van der Waals surface area contributed by atoms with E-state index in [9.17, 15) is 9.59 Å². The monoisotopic (exact) mass is 580 g/mol. The van der Waals surface area contributed by atoms with Gasteiger partial charge in [-0.05, 0) is 49.8 Å². The highest BCUT2D eigenvalue weighted by molar-refractivity contribution is 7.07. The van der Waals surface area contributed by atoms with Crippen molar-refractivity contribution >= 4 is 35.0 Å². The number of thiazole rings is 1. The zero-order chi connectivity index (χ0) is 28.5. The standard InChI is InChI=1S/C32H25ClN4O3S/c1-3-40-31(39)27-20(2)34-32-37(29(27)22-14-16-24(33)17-15-22)30(38)26(41-32)18-23-19-36(25-12-8-5-9-13-25)35-28(23)21-10-6-4-7-11-21/h4-19,29H,3H2,1-2H3/b26-18+/t29-/m0/s1. The maximum Gasteiger partial charge on any atom is 0.338 e. The molecule has 0 spiro atoms. The lowest BCUT2D eigenvalue weighted by Crippen LogP contribution is -2.39. The number of ether oxygens (including phenoxy) is 1. The zero-order valence-electron chi connectivity index (χ0n) is 22.3. The minimum absolute atomic E-state index is 0.209. The van der Waals surface area contributed by atoms with Gasteiger partial charge in [0, 0.05) is 22.3 Å². The highest BCUT2D eigenvalue weighted by atomic mass is 35.5. The molecule has 0 saturated carbocycles. The lowest BCUT2D eigenvalue weighted by Gasteiger charge is -2.24. The van der Waals surface area contributed by atoms with Gasteiger partial charge < -0.3 is 4.74 Å². The van der Waals surface area contributed by atoms with E-state index in [4.69, 9.17) is 21.4 Å². The third-order valence-electron chi connectivity index (χ3n) is 6.80. The van der Waals surface area contributed by atoms with Crippen LogP contribution in [-0.2, 0) is 9.53 Å². The maximum atomic E-state index is 14.1. The molecule has 0 bridgehead atoms. The molecule has 0 aliphatic carbocycles. The number of nitrogens with zero attached hydrogens (tertiary/aromatic N) is 4. The summed E-state index contributed by atoms with van der Waals surface area (Å²) in [6.45, 7) is 3.73. The molecule has 0 amide bonds. The second-order valence-electron chi connectivity index (χ2n) is 9.43. The molecule has 204 valence electrons. The molecule has 41 heavy (non-hydrogen) atoms. The van der Waals surface area contributed by atoms with Crippen molar-refractivity contribution < 1.29 is 9.53 Å². The summed E-state index contributed by atoms with van der Waals surface area (Å²) in [5.41, 5.74) is 4.69. The quantitative estimate of drug-likeness (QED) is 0.255. The number of rotatable bonds is 6. The summed E-state index contributed by atoms with van der Waals surface area (Å²) >= 11 is 7.44. The average Bonchev–Trinajstić information content (AvgIpc) is 3.54. The topological polar surface area (TPSA) is 78.5 Å². The van der Waals surface area contributed by atoms with Crippen molar-refractivity contribution in [1.29, 1.82) is 0 Å². The van der Waals surface area contributed by atoms with Crippen LogP contribution < -0.4 is 14.9 Å². The van der Waals surface area contributed by atoms with Gasteiger partial charge in [0.2, 0.25) is 0 Å². The van der Waals surface area contributed by atoms with Crippen LogP contribution in [0.15, 0.2) is 112 Å². The van der Waals surface area contributed by atoms with E-state index in [0.29, 0.717) is 25.6 Å². The fraction of sp³-hybridized carbons (Fsp3) is 0.125. The van der Waals surface area contributed by atoms with Crippen LogP contribution in [0.5, 0.6) is 0 Å². The number of hydrogen-bond acceptors (Lipinski definition) is 6. The number of aromatic nitrogens is 3. The van der Waals surface area contributed by atoms with Gasteiger partial charge in [-0.1, -0.05) is 83.6 Å². The first-order valence-corrected chi connectivity index (χ1v) is 14.3. The Kier molecular flexibility index (Phi) is 7.26. The molecule has 9 heteroatoms. The van der Waals surface area contributed by atoms with E-state index in [2.05, 4.69) is 4.99 Å². The van der Waals surface area contributed by atoms with E-state index in [0.717, 1.165) is 28.1 Å². The van der Waals surface area contributed by atoms with Crippen LogP contribution in [0.1, 0.15) is 31.0 Å². The number of carbonyl (C=O) groups excluding carboxylic acids is 1. The fourth-order valence-electron chi connectivity index (χ4n) is 4.92. The molecule has 7 nitrogen and oxygen atoms in total. The highest BCUT2D eigenvalue weighted by Crippen LogP contribution is 2.31. The van der Waals surface area contributed by atoms with Gasteiger partial charge >= 0.3 is 5.97 Å². The van der Waals surface area contributed by atoms with Gasteiger partial charge in [0.05, 0.1) is 39.8 Å². The van der Waals surface area contributed by atoms with Crippen LogP contribution in [0.25, 0.3) is 23.0 Å². The normalized spacial score (nSPS) is 15.0. The summed E-state index contributed by atoms with van der Waals surface area (Å²) in [6, 6.07) is 26.1. The molecule has 6 rings (SSSR count). The lowest BCUT2D eigenvalue weighted by molar-refractivity contribution is -0.139. The van der Waals surface area contributed by atoms with E-state index in [1.54, 1.807) is 30.5 Å². The first-order chi connectivity index (χ1) is 19.9. The molecule has 3 heterocycles. The highest BCUT2D eigenvalue weighted by Gasteiger charge is 2.33. The molecule has 1 aliphatic heterocycles. The molecular formula is C32H25ClN4O3S. The molecule has 0 fully saturated rings. The van der Waals surface area contributed by atoms with Crippen LogP contribution in [0.2, 0.25) is 5.02 Å². The Morgan fingerprint density at radius 3 is 2.39 bits per heavy atom. The minimum Gasteiger partial charge on any atom is -0.463 e. The van der Waals surface area contributed by atoms with Gasteiger partial charge in [0.15, 0.2) is 4.80 Å². The molecule has 2 aromatic heterocycles. The summed E-state index contributed by atoms with van der Waals surface area (Å²) in [7, 11) is 0. The van der Waals surface area contributed by atoms with Gasteiger partial charge in [0.25, 0.3) is 5.56 Å². The number of para-hydroxylation sites is 1. The Hall–Kier alpha value is -4.53. The largest absolute Gasteiger partial charge is 0.463 e. The lowest BCUT2D eigenvalue weighted by atomic mass is 9.96. The number of halogens is 1. The first-order valence-electron chi connectivity index (χ1n) is 13.1. The summed E-state index contributed by atoms with van der Waals surface area (Å²) in [5.74, 6) is -0.501. The van der Waals surface area contributed by atoms with Gasteiger partial charge in [-0.15, -0.1) is 0 Å². The number of fused-ring (bicyclic) bond motifs is 1. The van der Waals surface area contributed by atoms with Crippen LogP contribution in [0.4, 0.5) is 0 Å². The van der Waals surface area contributed by atoms with Crippen molar-refractivity contribution in [1.82, 2.24) is 14.3 Å². The van der Waals surface area contributed by atoms with E-state index >= 15 is 0 Å². The van der Waals surface area contributed by atoms with Crippen molar-refractivity contribution in [3.63, 3.8) is 0 Å². The van der Waals surface area contributed by atoms with Crippen molar-refractivity contribution in [3.8, 4) is 16.9 Å². The van der Waals surface area contributed by atoms with Gasteiger partial charge in [-0.25, -0.2) is 14.5 Å². The molecule has 1 atom stereocenters. The van der Waals surface area contributed by atoms with Gasteiger partial charge in [-0.3, -0.25) is 9.36 Å². The van der Waals surface area contributed by atoms with Crippen LogP contribution >= 0.6 is 22.9 Å². The third-order valence-corrected chi connectivity index (χ3v) is 8.03. The van der Waals surface area contributed by atoms with Crippen LogP contribution in [0, 0.1) is 0 Å². The smallest absolute Gasteiger partial charge is 0.338 e. The molecule has 3 aromatic carbocycles. The Morgan fingerprint density at radius 2 is 1.71 bits per heavy atom. The molecule has 0 saturated heterocycles. The molecule has 0 N–H and O–H groups in total. The van der Waals surface area contributed by atoms with Gasteiger partial charge in [-0.2, -0.15) is 5.10 Å². The molecule has 0 radical (unpaired) electrons. The number of carbonyl (C=O) groups is 1. The fourth-order valence-corrected chi connectivity index (χ4v) is 6.08. The van der Waals surface area contributed by atoms with E-state index in [1.165, 1.54) is 11.3 Å². The number of allylic oxidation sites excluding steroid dienone is 1. The molecule has 0 unspecified atom stereocenters. The first kappa shape index (κ1) is 26.7. The van der Waals surface area contributed by atoms with Crippen LogP contribution in [-0.4, -0.2) is 26.9 Å². The molecule has 5 aromatic rings. The predicted molar refractivity (Wildman–Crippen MR) is 161 cm³/mol. The molecule has 1 aliphatic rings. The minimum atomic E-state index is -0.703. The Labute approximate surface area is 245 Å². The zero-order valence-corrected chi connectivity index (χ0v) is 23.9. The van der Waals surface area contributed by atoms with Crippen LogP contribution in [0.3, 0.4) is 0 Å². The summed E-state index contributed by atoms with van der Waals surface area (Å²) < 4.78 is 9.24. The Bertz CT molecular complexity index is 1960. The SMILES string of the molecule is CCOC(=O)C1=C(C)N=c2s/c(=C/c3cn(-c4ccccc4)nc3-c3ccccc3)c(=O)n2[C@H]1c1ccc(Cl)cc1. The molecular weight excluding hydrogens is 556 g/mol.